The average Bonchev–Trinajstić information content (AvgIpc) is 3.24. The smallest absolute Gasteiger partial charge is 0.326 e. The first-order chi connectivity index (χ1) is 15.3. The first kappa shape index (κ1) is 22.3. The Morgan fingerprint density at radius 3 is 2.41 bits per heavy atom. The number of fused-ring (bicyclic) bond motifs is 1. The van der Waals surface area contributed by atoms with Crippen LogP contribution < -0.4 is 20.1 Å². The number of amides is 2. The molecule has 166 valence electrons. The van der Waals surface area contributed by atoms with Crippen molar-refractivity contribution in [1.82, 2.24) is 10.6 Å². The summed E-state index contributed by atoms with van der Waals surface area (Å²) in [6, 6.07) is 11.6. The molecule has 32 heavy (non-hydrogen) atoms. The maximum atomic E-state index is 12.8. The Labute approximate surface area is 182 Å². The number of rotatable bonds is 9. The Kier molecular flexibility index (Phi) is 7.06. The van der Waals surface area contributed by atoms with Crippen LogP contribution in [0.4, 0.5) is 0 Å². The summed E-state index contributed by atoms with van der Waals surface area (Å²) in [5, 5.41) is 22.9. The van der Waals surface area contributed by atoms with Crippen LogP contribution in [0.1, 0.15) is 28.8 Å². The molecule has 0 fully saturated rings. The molecule has 0 saturated heterocycles. The minimum atomic E-state index is -1.45. The number of carbonyl (C=O) groups is 4. The Hall–Kier alpha value is -4.34. The highest BCUT2D eigenvalue weighted by atomic mass is 16.7. The highest BCUT2D eigenvalue weighted by Gasteiger charge is 2.24. The van der Waals surface area contributed by atoms with Crippen molar-refractivity contribution in [3.63, 3.8) is 0 Å². The fourth-order valence-electron chi connectivity index (χ4n) is 2.87. The fourth-order valence-corrected chi connectivity index (χ4v) is 2.87. The molecule has 1 aliphatic heterocycles. The molecule has 0 aromatic heterocycles. The number of ether oxygens (including phenoxy) is 2. The molecule has 10 heteroatoms. The van der Waals surface area contributed by atoms with Crippen LogP contribution in [0.3, 0.4) is 0 Å². The molecule has 2 amide bonds. The van der Waals surface area contributed by atoms with Gasteiger partial charge in [-0.05, 0) is 42.3 Å². The van der Waals surface area contributed by atoms with Gasteiger partial charge in [-0.1, -0.05) is 24.3 Å². The van der Waals surface area contributed by atoms with Gasteiger partial charge in [0.05, 0.1) is 0 Å². The third kappa shape index (κ3) is 5.85. The molecule has 0 saturated carbocycles. The maximum Gasteiger partial charge on any atom is 0.326 e. The molecular formula is C22H20N2O8. The largest absolute Gasteiger partial charge is 0.481 e. The van der Waals surface area contributed by atoms with E-state index in [1.165, 1.54) is 6.08 Å². The van der Waals surface area contributed by atoms with Gasteiger partial charge in [-0.15, -0.1) is 0 Å². The average molecular weight is 440 g/mol. The predicted octanol–water partition coefficient (Wildman–Crippen LogP) is 1.62. The second-order valence-corrected chi connectivity index (χ2v) is 6.79. The Morgan fingerprint density at radius 2 is 1.72 bits per heavy atom. The monoisotopic (exact) mass is 440 g/mol. The van der Waals surface area contributed by atoms with Crippen LogP contribution >= 0.6 is 0 Å². The van der Waals surface area contributed by atoms with Crippen LogP contribution in [0, 0.1) is 0 Å². The van der Waals surface area contributed by atoms with E-state index in [4.69, 9.17) is 14.6 Å². The van der Waals surface area contributed by atoms with E-state index in [0.29, 0.717) is 17.1 Å². The van der Waals surface area contributed by atoms with Crippen LogP contribution in [0.5, 0.6) is 11.5 Å². The standard InChI is InChI=1S/C22H20N2O8/c25-19(26)9-7-15(22(29)30)23-21(28)16(24-20(27)14-4-2-1-3-5-14)10-13-6-8-17-18(11-13)32-12-31-17/h1-6,8,10-11,15H,7,9,12H2,(H,23,28)(H,24,27)(H,25,26)(H,29,30)/b16-10+/t15-/m1/s1. The number of carboxylic acids is 2. The number of hydrogen-bond acceptors (Lipinski definition) is 6. The van der Waals surface area contributed by atoms with Gasteiger partial charge in [-0.25, -0.2) is 4.79 Å². The van der Waals surface area contributed by atoms with Crippen molar-refractivity contribution in [1.29, 1.82) is 0 Å². The highest BCUT2D eigenvalue weighted by Crippen LogP contribution is 2.33. The van der Waals surface area contributed by atoms with E-state index in [2.05, 4.69) is 10.6 Å². The lowest BCUT2D eigenvalue weighted by Gasteiger charge is -2.16. The molecule has 1 heterocycles. The molecular weight excluding hydrogens is 420 g/mol. The Bertz CT molecular complexity index is 1060. The van der Waals surface area contributed by atoms with Crippen molar-refractivity contribution < 1.29 is 38.9 Å². The van der Waals surface area contributed by atoms with E-state index in [0.717, 1.165) is 0 Å². The van der Waals surface area contributed by atoms with Gasteiger partial charge in [0.25, 0.3) is 11.8 Å². The van der Waals surface area contributed by atoms with Gasteiger partial charge in [-0.3, -0.25) is 14.4 Å². The van der Waals surface area contributed by atoms with Gasteiger partial charge in [0.2, 0.25) is 6.79 Å². The third-order valence-electron chi connectivity index (χ3n) is 4.49. The molecule has 3 rings (SSSR count). The molecule has 0 aliphatic carbocycles. The van der Waals surface area contributed by atoms with Gasteiger partial charge in [-0.2, -0.15) is 0 Å². The molecule has 0 unspecified atom stereocenters. The lowest BCUT2D eigenvalue weighted by atomic mass is 10.1. The van der Waals surface area contributed by atoms with Crippen LogP contribution in [-0.4, -0.2) is 46.8 Å². The molecule has 0 bridgehead atoms. The third-order valence-corrected chi connectivity index (χ3v) is 4.49. The van der Waals surface area contributed by atoms with Gasteiger partial charge in [0.1, 0.15) is 11.7 Å². The van der Waals surface area contributed by atoms with Gasteiger partial charge < -0.3 is 30.3 Å². The Balaban J connectivity index is 1.86. The minimum Gasteiger partial charge on any atom is -0.481 e. The molecule has 4 N–H and O–H groups in total. The SMILES string of the molecule is O=C(O)CC[C@@H](NC(=O)/C(=C\c1ccc2c(c1)OCO2)NC(=O)c1ccccc1)C(=O)O. The van der Waals surface area contributed by atoms with Crippen LogP contribution in [0.15, 0.2) is 54.2 Å². The highest BCUT2D eigenvalue weighted by molar-refractivity contribution is 6.06. The van der Waals surface area contributed by atoms with E-state index in [9.17, 15) is 24.3 Å². The van der Waals surface area contributed by atoms with E-state index >= 15 is 0 Å². The molecule has 2 aromatic carbocycles. The molecule has 0 radical (unpaired) electrons. The van der Waals surface area contributed by atoms with E-state index in [1.807, 2.05) is 0 Å². The van der Waals surface area contributed by atoms with Gasteiger partial charge in [0.15, 0.2) is 11.5 Å². The lowest BCUT2D eigenvalue weighted by molar-refractivity contribution is -0.142. The quantitative estimate of drug-likeness (QED) is 0.430. The lowest BCUT2D eigenvalue weighted by Crippen LogP contribution is -2.44. The van der Waals surface area contributed by atoms with Gasteiger partial charge in [0, 0.05) is 12.0 Å². The summed E-state index contributed by atoms with van der Waals surface area (Å²) in [5.74, 6) is -3.07. The maximum absolute atomic E-state index is 12.8. The summed E-state index contributed by atoms with van der Waals surface area (Å²) in [4.78, 5) is 47.7. The van der Waals surface area contributed by atoms with Crippen LogP contribution in [0.25, 0.3) is 6.08 Å². The summed E-state index contributed by atoms with van der Waals surface area (Å²) in [6.45, 7) is 0.0600. The van der Waals surface area contributed by atoms with Crippen molar-refractivity contribution in [2.24, 2.45) is 0 Å². The zero-order valence-corrected chi connectivity index (χ0v) is 16.7. The van der Waals surface area contributed by atoms with E-state index in [-0.39, 0.29) is 24.5 Å². The number of carbonyl (C=O) groups excluding carboxylic acids is 2. The predicted molar refractivity (Wildman–Crippen MR) is 111 cm³/mol. The molecule has 1 aliphatic rings. The molecule has 10 nitrogen and oxygen atoms in total. The van der Waals surface area contributed by atoms with Crippen molar-refractivity contribution >= 4 is 29.8 Å². The first-order valence-electron chi connectivity index (χ1n) is 9.56. The zero-order valence-electron chi connectivity index (χ0n) is 16.7. The fraction of sp³-hybridized carbons (Fsp3) is 0.182. The second kappa shape index (κ2) is 10.1. The number of carboxylic acid groups (broad SMARTS) is 2. The van der Waals surface area contributed by atoms with Gasteiger partial charge >= 0.3 is 11.9 Å². The second-order valence-electron chi connectivity index (χ2n) is 6.79. The van der Waals surface area contributed by atoms with E-state index in [1.54, 1.807) is 48.5 Å². The number of benzene rings is 2. The van der Waals surface area contributed by atoms with E-state index < -0.39 is 36.2 Å². The summed E-state index contributed by atoms with van der Waals surface area (Å²) >= 11 is 0. The first-order valence-corrected chi connectivity index (χ1v) is 9.56. The minimum absolute atomic E-state index is 0.0600. The molecule has 1 atom stereocenters. The van der Waals surface area contributed by atoms with Crippen molar-refractivity contribution in [2.75, 3.05) is 6.79 Å². The summed E-state index contributed by atoms with van der Waals surface area (Å²) in [5.41, 5.74) is 0.557. The zero-order chi connectivity index (χ0) is 23.1. The van der Waals surface area contributed by atoms with Crippen LogP contribution in [0.2, 0.25) is 0 Å². The van der Waals surface area contributed by atoms with Crippen molar-refractivity contribution in [3.05, 3.63) is 65.4 Å². The van der Waals surface area contributed by atoms with Crippen molar-refractivity contribution in [3.8, 4) is 11.5 Å². The number of aliphatic carboxylic acids is 2. The molecule has 2 aromatic rings. The van der Waals surface area contributed by atoms with Crippen molar-refractivity contribution in [2.45, 2.75) is 18.9 Å². The summed E-state index contributed by atoms with van der Waals surface area (Å²) in [6.07, 6.45) is 0.587. The van der Waals surface area contributed by atoms with Crippen LogP contribution in [-0.2, 0) is 14.4 Å². The number of hydrogen-bond donors (Lipinski definition) is 4. The topological polar surface area (TPSA) is 151 Å². The molecule has 0 spiro atoms. The number of nitrogens with one attached hydrogen (secondary N) is 2. The summed E-state index contributed by atoms with van der Waals surface area (Å²) < 4.78 is 10.6. The summed E-state index contributed by atoms with van der Waals surface area (Å²) in [7, 11) is 0. The normalized spacial score (nSPS) is 13.2. The Morgan fingerprint density at radius 1 is 1.00 bits per heavy atom.